The second-order valence-corrected chi connectivity index (χ2v) is 3.45. The Morgan fingerprint density at radius 3 is 2.33 bits per heavy atom. The van der Waals surface area contributed by atoms with Crippen molar-refractivity contribution in [2.45, 2.75) is 44.9 Å². The molecule has 0 amide bonds. The van der Waals surface area contributed by atoms with E-state index in [4.69, 9.17) is 5.26 Å². The minimum absolute atomic E-state index is 0.690. The minimum Gasteiger partial charge on any atom is -0.198 e. The molecule has 0 saturated carbocycles. The van der Waals surface area contributed by atoms with Gasteiger partial charge in [0.1, 0.15) is 0 Å². The molecule has 0 saturated heterocycles. The van der Waals surface area contributed by atoms with Gasteiger partial charge in [0, 0.05) is 6.42 Å². The lowest BCUT2D eigenvalue weighted by Gasteiger charge is -1.89. The first-order valence-electron chi connectivity index (χ1n) is 5.69. The van der Waals surface area contributed by atoms with Gasteiger partial charge in [0.15, 0.2) is 0 Å². The average molecular weight is 203 g/mol. The molecule has 0 heterocycles. The van der Waals surface area contributed by atoms with E-state index in [9.17, 15) is 0 Å². The Balaban J connectivity index is 3.20. The van der Waals surface area contributed by atoms with Gasteiger partial charge in [-0.15, -0.1) is 6.58 Å². The van der Waals surface area contributed by atoms with E-state index in [2.05, 4.69) is 37.0 Å². The number of hydrogen-bond donors (Lipinski definition) is 0. The summed E-state index contributed by atoms with van der Waals surface area (Å²) >= 11 is 0. The first-order valence-corrected chi connectivity index (χ1v) is 5.69. The van der Waals surface area contributed by atoms with Gasteiger partial charge < -0.3 is 0 Å². The fourth-order valence-corrected chi connectivity index (χ4v) is 1.19. The molecule has 0 aromatic rings. The Bertz CT molecular complexity index is 230. The van der Waals surface area contributed by atoms with Gasteiger partial charge in [-0.2, -0.15) is 5.26 Å². The summed E-state index contributed by atoms with van der Waals surface area (Å²) in [6.07, 6.45) is 17.8. The van der Waals surface area contributed by atoms with Gasteiger partial charge in [-0.3, -0.25) is 0 Å². The number of unbranched alkanes of at least 4 members (excludes halogenated alkanes) is 4. The van der Waals surface area contributed by atoms with Crippen molar-refractivity contribution in [1.29, 1.82) is 5.26 Å². The maximum atomic E-state index is 8.33. The predicted molar refractivity (Wildman–Crippen MR) is 66.4 cm³/mol. The van der Waals surface area contributed by atoms with E-state index in [1.165, 1.54) is 0 Å². The molecular weight excluding hydrogens is 182 g/mol. The number of allylic oxidation sites excluding steroid dienone is 5. The normalized spacial score (nSPS) is 10.9. The lowest BCUT2D eigenvalue weighted by atomic mass is 10.2. The van der Waals surface area contributed by atoms with Gasteiger partial charge in [-0.25, -0.2) is 0 Å². The Morgan fingerprint density at radius 2 is 1.67 bits per heavy atom. The van der Waals surface area contributed by atoms with E-state index >= 15 is 0 Å². The van der Waals surface area contributed by atoms with Crippen molar-refractivity contribution < 1.29 is 0 Å². The maximum absolute atomic E-state index is 8.33. The standard InChI is InChI=1S/C14H21N/c1-2-3-4-5-6-7-8-9-10-11-12-13-14-15/h2,5-6,8-9H,1,3-4,7,10-13H2/b6-5+,9-8+. The van der Waals surface area contributed by atoms with Gasteiger partial charge in [-0.05, 0) is 38.5 Å². The topological polar surface area (TPSA) is 23.8 Å². The van der Waals surface area contributed by atoms with Crippen LogP contribution >= 0.6 is 0 Å². The monoisotopic (exact) mass is 203 g/mol. The largest absolute Gasteiger partial charge is 0.198 e. The zero-order chi connectivity index (χ0) is 11.2. The Hall–Kier alpha value is -1.29. The first kappa shape index (κ1) is 13.7. The van der Waals surface area contributed by atoms with Crippen molar-refractivity contribution in [2.75, 3.05) is 0 Å². The highest BCUT2D eigenvalue weighted by Gasteiger charge is 1.83. The molecular formula is C14H21N. The minimum atomic E-state index is 0.690. The van der Waals surface area contributed by atoms with Crippen LogP contribution in [0.5, 0.6) is 0 Å². The first-order chi connectivity index (χ1) is 7.41. The maximum Gasteiger partial charge on any atom is 0.0621 e. The predicted octanol–water partition coefficient (Wildman–Crippen LogP) is 4.54. The summed E-state index contributed by atoms with van der Waals surface area (Å²) in [5.74, 6) is 0. The van der Waals surface area contributed by atoms with Crippen LogP contribution in [0.3, 0.4) is 0 Å². The summed E-state index contributed by atoms with van der Waals surface area (Å²) in [5.41, 5.74) is 0. The van der Waals surface area contributed by atoms with Crippen LogP contribution in [-0.2, 0) is 0 Å². The van der Waals surface area contributed by atoms with Crippen LogP contribution < -0.4 is 0 Å². The third-order valence-corrected chi connectivity index (χ3v) is 2.05. The molecule has 0 aromatic carbocycles. The van der Waals surface area contributed by atoms with Crippen molar-refractivity contribution >= 4 is 0 Å². The molecule has 0 bridgehead atoms. The SMILES string of the molecule is C=CCC/C=C/C/C=C/CCCCC#N. The highest BCUT2D eigenvalue weighted by Crippen LogP contribution is 2.00. The zero-order valence-corrected chi connectivity index (χ0v) is 9.49. The smallest absolute Gasteiger partial charge is 0.0621 e. The average Bonchev–Trinajstić information content (AvgIpc) is 2.26. The highest BCUT2D eigenvalue weighted by molar-refractivity contribution is 4.93. The molecule has 15 heavy (non-hydrogen) atoms. The van der Waals surface area contributed by atoms with Crippen LogP contribution in [0.15, 0.2) is 37.0 Å². The molecule has 0 rings (SSSR count). The Morgan fingerprint density at radius 1 is 0.933 bits per heavy atom. The van der Waals surface area contributed by atoms with Crippen molar-refractivity contribution in [3.8, 4) is 6.07 Å². The van der Waals surface area contributed by atoms with Crippen molar-refractivity contribution in [3.63, 3.8) is 0 Å². The third kappa shape index (κ3) is 12.7. The van der Waals surface area contributed by atoms with E-state index < -0.39 is 0 Å². The summed E-state index contributed by atoms with van der Waals surface area (Å²) in [5, 5.41) is 8.33. The van der Waals surface area contributed by atoms with Crippen LogP contribution in [0.25, 0.3) is 0 Å². The number of nitrogens with zero attached hydrogens (tertiary/aromatic N) is 1. The summed E-state index contributed by atoms with van der Waals surface area (Å²) in [7, 11) is 0. The van der Waals surface area contributed by atoms with Gasteiger partial charge in [-0.1, -0.05) is 30.4 Å². The van der Waals surface area contributed by atoms with Crippen molar-refractivity contribution in [1.82, 2.24) is 0 Å². The molecule has 0 radical (unpaired) electrons. The van der Waals surface area contributed by atoms with Crippen LogP contribution in [0.1, 0.15) is 44.9 Å². The molecule has 1 nitrogen and oxygen atoms in total. The number of rotatable bonds is 9. The fraction of sp³-hybridized carbons (Fsp3) is 0.500. The molecule has 0 aliphatic heterocycles. The Labute approximate surface area is 93.8 Å². The molecule has 0 aliphatic rings. The molecule has 0 aliphatic carbocycles. The Kier molecular flexibility index (Phi) is 11.6. The molecule has 0 atom stereocenters. The summed E-state index contributed by atoms with van der Waals surface area (Å²) in [6.45, 7) is 3.67. The van der Waals surface area contributed by atoms with E-state index in [1.807, 2.05) is 6.08 Å². The molecule has 0 aromatic heterocycles. The lowest BCUT2D eigenvalue weighted by molar-refractivity contribution is 0.767. The molecule has 82 valence electrons. The van der Waals surface area contributed by atoms with Crippen LogP contribution in [0.4, 0.5) is 0 Å². The third-order valence-electron chi connectivity index (χ3n) is 2.05. The van der Waals surface area contributed by atoms with Crippen LogP contribution in [0.2, 0.25) is 0 Å². The van der Waals surface area contributed by atoms with E-state index in [-0.39, 0.29) is 0 Å². The van der Waals surface area contributed by atoms with E-state index in [0.717, 1.165) is 38.5 Å². The summed E-state index contributed by atoms with van der Waals surface area (Å²) in [6, 6.07) is 2.16. The molecule has 0 unspecified atom stereocenters. The van der Waals surface area contributed by atoms with E-state index in [1.54, 1.807) is 0 Å². The molecule has 0 spiro atoms. The van der Waals surface area contributed by atoms with Crippen molar-refractivity contribution in [2.24, 2.45) is 0 Å². The van der Waals surface area contributed by atoms with E-state index in [0.29, 0.717) is 6.42 Å². The zero-order valence-electron chi connectivity index (χ0n) is 9.49. The molecule has 0 fully saturated rings. The quantitative estimate of drug-likeness (QED) is 0.398. The van der Waals surface area contributed by atoms with Gasteiger partial charge in [0.05, 0.1) is 6.07 Å². The summed E-state index contributed by atoms with van der Waals surface area (Å²) in [4.78, 5) is 0. The van der Waals surface area contributed by atoms with Crippen LogP contribution in [0, 0.1) is 11.3 Å². The second kappa shape index (κ2) is 12.7. The molecule has 0 N–H and O–H groups in total. The summed E-state index contributed by atoms with van der Waals surface area (Å²) < 4.78 is 0. The van der Waals surface area contributed by atoms with Crippen molar-refractivity contribution in [3.05, 3.63) is 37.0 Å². The second-order valence-electron chi connectivity index (χ2n) is 3.45. The van der Waals surface area contributed by atoms with Gasteiger partial charge >= 0.3 is 0 Å². The van der Waals surface area contributed by atoms with Gasteiger partial charge in [0.25, 0.3) is 0 Å². The highest BCUT2D eigenvalue weighted by atomic mass is 14.2. The fourth-order valence-electron chi connectivity index (χ4n) is 1.19. The molecule has 1 heteroatoms. The number of nitriles is 1. The number of hydrogen-bond acceptors (Lipinski definition) is 1. The van der Waals surface area contributed by atoms with Gasteiger partial charge in [0.2, 0.25) is 0 Å². The van der Waals surface area contributed by atoms with Crippen LogP contribution in [-0.4, -0.2) is 0 Å². The lowest BCUT2D eigenvalue weighted by Crippen LogP contribution is -1.72.